The molecule has 3 rings (SSSR count). The van der Waals surface area contributed by atoms with Gasteiger partial charge >= 0.3 is 0 Å². The molecule has 0 saturated heterocycles. The average molecular weight is 518 g/mol. The van der Waals surface area contributed by atoms with Gasteiger partial charge in [-0.3, -0.25) is 9.79 Å². The maximum atomic E-state index is 10.9. The highest BCUT2D eigenvalue weighted by atomic mass is 16.5. The molecule has 0 saturated carbocycles. The molecule has 202 valence electrons. The van der Waals surface area contributed by atoms with Crippen LogP contribution in [0.1, 0.15) is 45.2 Å². The lowest BCUT2D eigenvalue weighted by Gasteiger charge is -2.19. The Labute approximate surface area is 226 Å². The monoisotopic (exact) mass is 517 g/mol. The van der Waals surface area contributed by atoms with E-state index < -0.39 is 6.04 Å². The number of nitrogens with two attached hydrogens (primary N) is 1. The summed E-state index contributed by atoms with van der Waals surface area (Å²) in [6.45, 7) is 14.0. The van der Waals surface area contributed by atoms with E-state index in [1.807, 2.05) is 24.8 Å². The second-order valence-corrected chi connectivity index (χ2v) is 8.71. The molecule has 0 bridgehead atoms. The number of nitrogens with one attached hydrogen (secondary N) is 1. The van der Waals surface area contributed by atoms with Gasteiger partial charge in [0.1, 0.15) is 23.8 Å². The highest BCUT2D eigenvalue weighted by Gasteiger charge is 2.23. The van der Waals surface area contributed by atoms with E-state index in [9.17, 15) is 4.79 Å². The van der Waals surface area contributed by atoms with E-state index in [0.29, 0.717) is 17.8 Å². The van der Waals surface area contributed by atoms with Crippen LogP contribution in [0.15, 0.2) is 63.4 Å². The number of carbonyl (C=O) groups excluding carboxylic acids is 1. The van der Waals surface area contributed by atoms with Gasteiger partial charge < -0.3 is 25.6 Å². The number of aliphatic imine (C=N–C) groups is 3. The number of hydrogen-bond donors (Lipinski definition) is 2. The molecule has 38 heavy (non-hydrogen) atoms. The number of nitrogens with zero attached hydrogens (tertiary/aromatic N) is 5. The van der Waals surface area contributed by atoms with E-state index >= 15 is 0 Å². The summed E-state index contributed by atoms with van der Waals surface area (Å²) >= 11 is 0. The Bertz CT molecular complexity index is 1200. The first kappa shape index (κ1) is 29.9. The number of methoxy groups -OCH3 is 1. The molecule has 2 heterocycles. The molecule has 1 atom stereocenters. The first-order chi connectivity index (χ1) is 18.3. The minimum absolute atomic E-state index is 0.185. The Morgan fingerprint density at radius 1 is 1.37 bits per heavy atom. The molecule has 9 nitrogen and oxygen atoms in total. The second-order valence-electron chi connectivity index (χ2n) is 8.71. The lowest BCUT2D eigenvalue weighted by atomic mass is 10.1. The van der Waals surface area contributed by atoms with E-state index in [1.54, 1.807) is 26.6 Å². The Kier molecular flexibility index (Phi) is 11.8. The van der Waals surface area contributed by atoms with Crippen LogP contribution in [-0.2, 0) is 11.3 Å². The van der Waals surface area contributed by atoms with Gasteiger partial charge in [0.05, 0.1) is 19.3 Å². The van der Waals surface area contributed by atoms with Crippen molar-refractivity contribution in [2.45, 2.75) is 52.7 Å². The summed E-state index contributed by atoms with van der Waals surface area (Å²) in [4.78, 5) is 27.6. The molecule has 0 amide bonds. The largest absolute Gasteiger partial charge is 0.497 e. The van der Waals surface area contributed by atoms with E-state index in [4.69, 9.17) is 10.5 Å². The third-order valence-corrected chi connectivity index (χ3v) is 5.65. The number of aldehydes is 1. The molecule has 2 aliphatic rings. The average Bonchev–Trinajstić information content (AvgIpc) is 3.47. The third-order valence-electron chi connectivity index (χ3n) is 5.65. The lowest BCUT2D eigenvalue weighted by Crippen LogP contribution is -2.32. The zero-order valence-corrected chi connectivity index (χ0v) is 23.2. The van der Waals surface area contributed by atoms with E-state index in [-0.39, 0.29) is 11.9 Å². The molecule has 3 N–H and O–H groups in total. The van der Waals surface area contributed by atoms with Crippen LogP contribution < -0.4 is 15.8 Å². The summed E-state index contributed by atoms with van der Waals surface area (Å²) in [7, 11) is 3.36. The highest BCUT2D eigenvalue weighted by molar-refractivity contribution is 6.11. The predicted molar refractivity (Wildman–Crippen MR) is 157 cm³/mol. The molecule has 0 aromatic heterocycles. The van der Waals surface area contributed by atoms with Crippen LogP contribution in [0, 0.1) is 11.8 Å². The molecular weight excluding hydrogens is 478 g/mol. The van der Waals surface area contributed by atoms with Crippen molar-refractivity contribution in [2.75, 3.05) is 20.7 Å². The molecule has 1 aromatic rings. The number of benzene rings is 1. The van der Waals surface area contributed by atoms with E-state index in [1.165, 1.54) is 23.2 Å². The van der Waals surface area contributed by atoms with Crippen molar-refractivity contribution >= 4 is 30.5 Å². The van der Waals surface area contributed by atoms with Crippen molar-refractivity contribution in [2.24, 2.45) is 20.7 Å². The van der Waals surface area contributed by atoms with Gasteiger partial charge in [0, 0.05) is 43.5 Å². The number of amidine groups is 1. The maximum absolute atomic E-state index is 10.9. The smallest absolute Gasteiger partial charge is 0.162 e. The van der Waals surface area contributed by atoms with Gasteiger partial charge in [-0.25, -0.2) is 9.98 Å². The van der Waals surface area contributed by atoms with Crippen LogP contribution in [0.3, 0.4) is 0 Å². The minimum atomic E-state index is -0.710. The molecule has 0 radical (unpaired) electrons. The van der Waals surface area contributed by atoms with E-state index in [0.717, 1.165) is 25.3 Å². The normalized spacial score (nSPS) is 17.9. The Morgan fingerprint density at radius 2 is 2.13 bits per heavy atom. The van der Waals surface area contributed by atoms with Crippen molar-refractivity contribution < 1.29 is 9.53 Å². The van der Waals surface area contributed by atoms with Crippen molar-refractivity contribution in [1.29, 1.82) is 0 Å². The Hall–Kier alpha value is -4.32. The van der Waals surface area contributed by atoms with Crippen molar-refractivity contribution in [3.63, 3.8) is 0 Å². The quantitative estimate of drug-likeness (QED) is 0.236. The van der Waals surface area contributed by atoms with Gasteiger partial charge in [-0.2, -0.15) is 0 Å². The van der Waals surface area contributed by atoms with Crippen LogP contribution in [0.5, 0.6) is 5.75 Å². The molecule has 1 aromatic carbocycles. The first-order valence-electron chi connectivity index (χ1n) is 12.6. The summed E-state index contributed by atoms with van der Waals surface area (Å²) in [6.07, 6.45) is 8.77. The molecular formula is C29H39N7O2. The Balaban J connectivity index is 0.000000279. The van der Waals surface area contributed by atoms with Crippen LogP contribution in [0.4, 0.5) is 0 Å². The Morgan fingerprint density at radius 3 is 2.71 bits per heavy atom. The summed E-state index contributed by atoms with van der Waals surface area (Å²) in [5.74, 6) is 7.29. The number of ether oxygens (including phenoxy) is 1. The minimum Gasteiger partial charge on any atom is -0.497 e. The van der Waals surface area contributed by atoms with Gasteiger partial charge in [-0.1, -0.05) is 37.5 Å². The third kappa shape index (κ3) is 8.10. The number of carbonyl (C=O) groups is 1. The van der Waals surface area contributed by atoms with Crippen molar-refractivity contribution in [1.82, 2.24) is 15.1 Å². The molecule has 0 fully saturated rings. The lowest BCUT2D eigenvalue weighted by molar-refractivity contribution is -0.108. The summed E-state index contributed by atoms with van der Waals surface area (Å²) < 4.78 is 5.29. The fraction of sp³-hybridized carbons (Fsp3) is 0.379. The number of fused-ring (bicyclic) bond motifs is 1. The molecule has 0 aliphatic carbocycles. The van der Waals surface area contributed by atoms with Gasteiger partial charge in [0.2, 0.25) is 0 Å². The van der Waals surface area contributed by atoms with Crippen LogP contribution in [0.2, 0.25) is 0 Å². The van der Waals surface area contributed by atoms with Crippen LogP contribution >= 0.6 is 0 Å². The second kappa shape index (κ2) is 15.1. The van der Waals surface area contributed by atoms with E-state index in [2.05, 4.69) is 75.7 Å². The molecule has 1 unspecified atom stereocenters. The van der Waals surface area contributed by atoms with Gasteiger partial charge in [-0.05, 0) is 44.9 Å². The zero-order chi connectivity index (χ0) is 28.1. The first-order valence-corrected chi connectivity index (χ1v) is 12.6. The van der Waals surface area contributed by atoms with Gasteiger partial charge in [-0.15, -0.1) is 0 Å². The topological polar surface area (TPSA) is 108 Å². The maximum Gasteiger partial charge on any atom is 0.162 e. The highest BCUT2D eigenvalue weighted by Crippen LogP contribution is 2.35. The summed E-state index contributed by atoms with van der Waals surface area (Å²) in [6, 6.07) is 5.86. The predicted octanol–water partition coefficient (Wildman–Crippen LogP) is 3.55. The number of hydrogen-bond acceptors (Lipinski definition) is 7. The molecule has 2 aliphatic heterocycles. The van der Waals surface area contributed by atoms with Gasteiger partial charge in [0.25, 0.3) is 0 Å². The zero-order valence-electron chi connectivity index (χ0n) is 23.2. The van der Waals surface area contributed by atoms with Crippen molar-refractivity contribution in [3.8, 4) is 17.6 Å². The molecule has 9 heteroatoms. The van der Waals surface area contributed by atoms with Crippen LogP contribution in [-0.4, -0.2) is 67.4 Å². The SMILES string of the molecule is C=C(N)NC(C#C/C=C1\N=CN(C(C)C)C1=NC=NC)C=O.CC/C=C1\c2cc(OC)ccc2CN1CC. The fourth-order valence-corrected chi connectivity index (χ4v) is 3.83. The van der Waals surface area contributed by atoms with Gasteiger partial charge in [0.15, 0.2) is 12.1 Å². The van der Waals surface area contributed by atoms with Crippen molar-refractivity contribution in [3.05, 3.63) is 59.6 Å². The number of rotatable bonds is 8. The summed E-state index contributed by atoms with van der Waals surface area (Å²) in [5, 5.41) is 2.64. The summed E-state index contributed by atoms with van der Waals surface area (Å²) in [5.41, 5.74) is 10.1. The fourth-order valence-electron chi connectivity index (χ4n) is 3.83. The standard InChI is InChI=1S/C15H20N6O.C14H19NO/c1-11(2)21-10-19-14(15(21)18-9-17-4)7-5-6-13(8-22)20-12(3)16;1-4-6-14-13-9-12(16-3)8-7-11(13)10-15(14)5-2/h7-11,13,20H,3,16H2,1-2,4H3;6-9H,4-5,10H2,1-3H3/b14-7-,17-9?,18-15?;14-6+. The molecule has 0 spiro atoms. The number of allylic oxidation sites excluding steroid dienone is 2. The van der Waals surface area contributed by atoms with Crippen LogP contribution in [0.25, 0.3) is 5.70 Å².